The van der Waals surface area contributed by atoms with E-state index in [-0.39, 0.29) is 0 Å². The largest absolute Gasteiger partial charge is 0.391 e. The molecule has 0 amide bonds. The van der Waals surface area contributed by atoms with Gasteiger partial charge in [-0.3, -0.25) is 0 Å². The van der Waals surface area contributed by atoms with Crippen molar-refractivity contribution < 1.29 is 9.84 Å². The minimum Gasteiger partial charge on any atom is -0.391 e. The van der Waals surface area contributed by atoms with Gasteiger partial charge in [-0.25, -0.2) is 0 Å². The average Bonchev–Trinajstić information content (AvgIpc) is 2.29. The maximum atomic E-state index is 9.45. The Balaban J connectivity index is 2.28. The summed E-state index contributed by atoms with van der Waals surface area (Å²) >= 11 is 9.38. The second-order valence-electron chi connectivity index (χ2n) is 3.81. The molecule has 0 aliphatic carbocycles. The molecule has 17 heavy (non-hydrogen) atoms. The van der Waals surface area contributed by atoms with Crippen molar-refractivity contribution in [3.05, 3.63) is 33.3 Å². The molecule has 5 heteroatoms. The summed E-state index contributed by atoms with van der Waals surface area (Å²) in [5.41, 5.74) is 1.11. The fourth-order valence-electron chi connectivity index (χ4n) is 1.45. The molecule has 1 unspecified atom stereocenters. The minimum atomic E-state index is -0.407. The third-order valence-corrected chi connectivity index (χ3v) is 3.35. The van der Waals surface area contributed by atoms with E-state index in [0.29, 0.717) is 13.0 Å². The number of rotatable bonds is 7. The third kappa shape index (κ3) is 5.84. The molecule has 0 aliphatic rings. The first-order valence-corrected chi connectivity index (χ1v) is 6.62. The average molecular weight is 323 g/mol. The van der Waals surface area contributed by atoms with Gasteiger partial charge in [0.05, 0.1) is 12.7 Å². The van der Waals surface area contributed by atoms with Crippen LogP contribution in [0.4, 0.5) is 0 Å². The van der Waals surface area contributed by atoms with E-state index < -0.39 is 6.10 Å². The van der Waals surface area contributed by atoms with E-state index >= 15 is 0 Å². The smallest absolute Gasteiger partial charge is 0.0785 e. The van der Waals surface area contributed by atoms with E-state index in [1.807, 2.05) is 18.2 Å². The molecular weight excluding hydrogens is 305 g/mol. The molecule has 0 saturated carbocycles. The van der Waals surface area contributed by atoms with Crippen molar-refractivity contribution in [3.63, 3.8) is 0 Å². The lowest BCUT2D eigenvalue weighted by Gasteiger charge is -2.11. The summed E-state index contributed by atoms with van der Waals surface area (Å²) in [5.74, 6) is 0. The van der Waals surface area contributed by atoms with Gasteiger partial charge in [-0.05, 0) is 36.7 Å². The van der Waals surface area contributed by atoms with Gasteiger partial charge in [-0.1, -0.05) is 27.5 Å². The highest BCUT2D eigenvalue weighted by molar-refractivity contribution is 9.10. The Hall–Kier alpha value is -0.130. The number of hydrogen-bond donors (Lipinski definition) is 2. The zero-order chi connectivity index (χ0) is 12.7. The van der Waals surface area contributed by atoms with Gasteiger partial charge in [0.15, 0.2) is 0 Å². The fraction of sp³-hybridized carbons (Fsp3) is 0.500. The van der Waals surface area contributed by atoms with Crippen molar-refractivity contribution in [1.82, 2.24) is 5.32 Å². The van der Waals surface area contributed by atoms with Crippen LogP contribution in [0, 0.1) is 0 Å². The number of ether oxygens (including phenoxy) is 1. The maximum absolute atomic E-state index is 9.45. The van der Waals surface area contributed by atoms with Crippen LogP contribution in [0.1, 0.15) is 12.0 Å². The van der Waals surface area contributed by atoms with E-state index in [4.69, 9.17) is 16.3 Å². The van der Waals surface area contributed by atoms with Crippen LogP contribution in [-0.4, -0.2) is 31.5 Å². The maximum Gasteiger partial charge on any atom is 0.0785 e. The first kappa shape index (κ1) is 14.9. The molecule has 0 fully saturated rings. The molecule has 96 valence electrons. The SMILES string of the molecule is COCC(O)CCNCc1cc(Cl)ccc1Br. The molecule has 0 bridgehead atoms. The van der Waals surface area contributed by atoms with Gasteiger partial charge in [0.1, 0.15) is 0 Å². The number of nitrogens with one attached hydrogen (secondary N) is 1. The van der Waals surface area contributed by atoms with Crippen molar-refractivity contribution in [1.29, 1.82) is 0 Å². The lowest BCUT2D eigenvalue weighted by molar-refractivity contribution is 0.0594. The standard InChI is InChI=1S/C12H17BrClNO2/c1-17-8-11(16)4-5-15-7-9-6-10(14)2-3-12(9)13/h2-3,6,11,15-16H,4-5,7-8H2,1H3. The molecule has 1 rings (SSSR count). The van der Waals surface area contributed by atoms with Crippen LogP contribution in [0.5, 0.6) is 0 Å². The molecule has 0 radical (unpaired) electrons. The van der Waals surface area contributed by atoms with E-state index in [2.05, 4.69) is 21.2 Å². The van der Waals surface area contributed by atoms with Crippen LogP contribution in [0.25, 0.3) is 0 Å². The number of benzene rings is 1. The Bertz CT molecular complexity index is 349. The summed E-state index contributed by atoms with van der Waals surface area (Å²) in [6.07, 6.45) is 0.266. The van der Waals surface area contributed by atoms with Gasteiger partial charge < -0.3 is 15.2 Å². The zero-order valence-corrected chi connectivity index (χ0v) is 12.1. The van der Waals surface area contributed by atoms with E-state index in [1.165, 1.54) is 0 Å². The molecule has 0 aromatic heterocycles. The molecule has 0 aliphatic heterocycles. The molecule has 0 saturated heterocycles. The van der Waals surface area contributed by atoms with E-state index in [0.717, 1.165) is 28.1 Å². The van der Waals surface area contributed by atoms with Gasteiger partial charge >= 0.3 is 0 Å². The van der Waals surface area contributed by atoms with Gasteiger partial charge in [0.2, 0.25) is 0 Å². The van der Waals surface area contributed by atoms with Crippen molar-refractivity contribution >= 4 is 27.5 Å². The summed E-state index contributed by atoms with van der Waals surface area (Å²) < 4.78 is 5.89. The van der Waals surface area contributed by atoms with Crippen molar-refractivity contribution in [2.75, 3.05) is 20.3 Å². The van der Waals surface area contributed by atoms with Gasteiger partial charge in [-0.2, -0.15) is 0 Å². The molecular formula is C12H17BrClNO2. The molecule has 1 atom stereocenters. The summed E-state index contributed by atoms with van der Waals surface area (Å²) in [5, 5.41) is 13.4. The third-order valence-electron chi connectivity index (χ3n) is 2.34. The fourth-order valence-corrected chi connectivity index (χ4v) is 2.03. The van der Waals surface area contributed by atoms with Crippen molar-refractivity contribution in [3.8, 4) is 0 Å². The van der Waals surface area contributed by atoms with Gasteiger partial charge in [0.25, 0.3) is 0 Å². The topological polar surface area (TPSA) is 41.5 Å². The Kier molecular flexibility index (Phi) is 7.08. The summed E-state index contributed by atoms with van der Waals surface area (Å²) in [4.78, 5) is 0. The summed E-state index contributed by atoms with van der Waals surface area (Å²) in [6, 6.07) is 5.70. The Morgan fingerprint density at radius 1 is 1.53 bits per heavy atom. The molecule has 1 aromatic carbocycles. The van der Waals surface area contributed by atoms with E-state index in [9.17, 15) is 5.11 Å². The second kappa shape index (κ2) is 8.06. The lowest BCUT2D eigenvalue weighted by Crippen LogP contribution is -2.23. The van der Waals surface area contributed by atoms with E-state index in [1.54, 1.807) is 7.11 Å². The quantitative estimate of drug-likeness (QED) is 0.758. The predicted molar refractivity (Wildman–Crippen MR) is 73.4 cm³/mol. The highest BCUT2D eigenvalue weighted by atomic mass is 79.9. The van der Waals surface area contributed by atoms with Crippen LogP contribution in [0.15, 0.2) is 22.7 Å². The van der Waals surface area contributed by atoms with Crippen LogP contribution < -0.4 is 5.32 Å². The molecule has 2 N–H and O–H groups in total. The zero-order valence-electron chi connectivity index (χ0n) is 9.75. The highest BCUT2D eigenvalue weighted by Gasteiger charge is 2.04. The Morgan fingerprint density at radius 2 is 2.29 bits per heavy atom. The summed E-state index contributed by atoms with van der Waals surface area (Å²) in [7, 11) is 1.58. The van der Waals surface area contributed by atoms with Crippen LogP contribution in [-0.2, 0) is 11.3 Å². The Morgan fingerprint density at radius 3 is 3.00 bits per heavy atom. The number of aliphatic hydroxyl groups excluding tert-OH is 1. The Labute approximate surface area is 115 Å². The molecule has 0 spiro atoms. The molecule has 0 heterocycles. The predicted octanol–water partition coefficient (Wildman–Crippen LogP) is 2.59. The molecule has 3 nitrogen and oxygen atoms in total. The van der Waals surface area contributed by atoms with Gasteiger partial charge in [-0.15, -0.1) is 0 Å². The number of hydrogen-bond acceptors (Lipinski definition) is 3. The van der Waals surface area contributed by atoms with Crippen LogP contribution >= 0.6 is 27.5 Å². The first-order valence-electron chi connectivity index (χ1n) is 5.45. The lowest BCUT2D eigenvalue weighted by atomic mass is 10.2. The number of methoxy groups -OCH3 is 1. The van der Waals surface area contributed by atoms with Gasteiger partial charge in [0, 0.05) is 23.1 Å². The first-order chi connectivity index (χ1) is 8.13. The van der Waals surface area contributed by atoms with Crippen LogP contribution in [0.3, 0.4) is 0 Å². The van der Waals surface area contributed by atoms with Crippen molar-refractivity contribution in [2.24, 2.45) is 0 Å². The minimum absolute atomic E-state index is 0.378. The van der Waals surface area contributed by atoms with Crippen LogP contribution in [0.2, 0.25) is 5.02 Å². The van der Waals surface area contributed by atoms with Crippen molar-refractivity contribution in [2.45, 2.75) is 19.1 Å². The second-order valence-corrected chi connectivity index (χ2v) is 5.10. The number of halogens is 2. The monoisotopic (exact) mass is 321 g/mol. The normalized spacial score (nSPS) is 12.7. The molecule has 1 aromatic rings. The highest BCUT2D eigenvalue weighted by Crippen LogP contribution is 2.20. The number of aliphatic hydroxyl groups is 1. The summed E-state index contributed by atoms with van der Waals surface area (Å²) in [6.45, 7) is 1.84.